The fourth-order valence-electron chi connectivity index (χ4n) is 2.97. The van der Waals surface area contributed by atoms with E-state index in [9.17, 15) is 22.8 Å². The Kier molecular flexibility index (Phi) is 6.50. The van der Waals surface area contributed by atoms with Crippen molar-refractivity contribution in [3.8, 4) is 5.75 Å². The molecular formula is C18H23F3N2O3. The average Bonchev–Trinajstić information content (AvgIpc) is 2.55. The number of alkyl halides is 3. The van der Waals surface area contributed by atoms with Gasteiger partial charge in [0.25, 0.3) is 0 Å². The van der Waals surface area contributed by atoms with Gasteiger partial charge in [-0.3, -0.25) is 9.59 Å². The molecule has 8 heteroatoms. The van der Waals surface area contributed by atoms with Crippen molar-refractivity contribution >= 4 is 17.5 Å². The maximum absolute atomic E-state index is 12.8. The molecule has 1 fully saturated rings. The second kappa shape index (κ2) is 8.42. The van der Waals surface area contributed by atoms with E-state index >= 15 is 0 Å². The Morgan fingerprint density at radius 2 is 1.85 bits per heavy atom. The molecule has 2 rings (SSSR count). The van der Waals surface area contributed by atoms with Gasteiger partial charge in [-0.2, -0.15) is 13.2 Å². The number of ether oxygens (including phenoxy) is 1. The maximum Gasteiger partial charge on any atom is 0.391 e. The van der Waals surface area contributed by atoms with E-state index in [0.717, 1.165) is 0 Å². The molecule has 1 aliphatic carbocycles. The second-order valence-corrected chi connectivity index (χ2v) is 6.69. The summed E-state index contributed by atoms with van der Waals surface area (Å²) >= 11 is 0. The van der Waals surface area contributed by atoms with Gasteiger partial charge < -0.3 is 15.4 Å². The van der Waals surface area contributed by atoms with E-state index in [4.69, 9.17) is 4.74 Å². The zero-order chi connectivity index (χ0) is 19.3. The lowest BCUT2D eigenvalue weighted by atomic mass is 9.85. The summed E-state index contributed by atoms with van der Waals surface area (Å²) in [6.07, 6.45) is -3.75. The van der Waals surface area contributed by atoms with Gasteiger partial charge in [-0.1, -0.05) is 18.6 Å². The van der Waals surface area contributed by atoms with Gasteiger partial charge in [-0.05, 0) is 45.2 Å². The fraction of sp³-hybridized carbons (Fsp3) is 0.556. The van der Waals surface area contributed by atoms with E-state index in [1.165, 1.54) is 0 Å². The number of carbonyl (C=O) groups is 2. The van der Waals surface area contributed by atoms with Crippen LogP contribution in [0.3, 0.4) is 0 Å². The molecule has 1 aromatic rings. The number of anilines is 1. The van der Waals surface area contributed by atoms with Crippen LogP contribution >= 0.6 is 0 Å². The van der Waals surface area contributed by atoms with Crippen LogP contribution in [0.4, 0.5) is 18.9 Å². The van der Waals surface area contributed by atoms with Crippen molar-refractivity contribution in [1.29, 1.82) is 0 Å². The van der Waals surface area contributed by atoms with Crippen LogP contribution in [0.25, 0.3) is 0 Å². The Balaban J connectivity index is 1.95. The van der Waals surface area contributed by atoms with Crippen LogP contribution in [0.2, 0.25) is 0 Å². The lowest BCUT2D eigenvalue weighted by Gasteiger charge is -2.30. The van der Waals surface area contributed by atoms with E-state index in [-0.39, 0.29) is 18.9 Å². The van der Waals surface area contributed by atoms with Crippen molar-refractivity contribution in [1.82, 2.24) is 5.32 Å². The third-order valence-corrected chi connectivity index (χ3v) is 4.18. The zero-order valence-corrected chi connectivity index (χ0v) is 14.7. The van der Waals surface area contributed by atoms with Gasteiger partial charge in [-0.15, -0.1) is 0 Å². The molecule has 0 bridgehead atoms. The van der Waals surface area contributed by atoms with Gasteiger partial charge in [0.2, 0.25) is 0 Å². The quantitative estimate of drug-likeness (QED) is 0.793. The first-order chi connectivity index (χ1) is 12.2. The van der Waals surface area contributed by atoms with Crippen LogP contribution in [-0.2, 0) is 9.59 Å². The molecule has 0 aliphatic heterocycles. The predicted octanol–water partition coefficient (Wildman–Crippen LogP) is 3.65. The molecule has 1 aliphatic rings. The molecule has 1 aromatic carbocycles. The third-order valence-electron chi connectivity index (χ3n) is 4.18. The monoisotopic (exact) mass is 372 g/mol. The van der Waals surface area contributed by atoms with E-state index in [1.54, 1.807) is 24.3 Å². The number of carbonyl (C=O) groups excluding carboxylic acids is 2. The van der Waals surface area contributed by atoms with Crippen molar-refractivity contribution in [2.45, 2.75) is 57.9 Å². The number of halogens is 3. The Hall–Kier alpha value is -2.25. The lowest BCUT2D eigenvalue weighted by molar-refractivity contribution is -0.184. The summed E-state index contributed by atoms with van der Waals surface area (Å²) in [5.74, 6) is -2.90. The van der Waals surface area contributed by atoms with E-state index < -0.39 is 30.0 Å². The van der Waals surface area contributed by atoms with Gasteiger partial charge in [0.15, 0.2) is 0 Å². The third kappa shape index (κ3) is 5.64. The molecule has 0 spiro atoms. The molecule has 0 unspecified atom stereocenters. The van der Waals surface area contributed by atoms with Crippen molar-refractivity contribution in [2.75, 3.05) is 5.32 Å². The molecule has 1 saturated carbocycles. The summed E-state index contributed by atoms with van der Waals surface area (Å²) < 4.78 is 44.1. The lowest BCUT2D eigenvalue weighted by Crippen LogP contribution is -2.45. The van der Waals surface area contributed by atoms with Gasteiger partial charge in [0.1, 0.15) is 5.75 Å². The van der Waals surface area contributed by atoms with E-state index in [0.29, 0.717) is 24.3 Å². The molecule has 2 amide bonds. The normalized spacial score (nSPS) is 20.5. The van der Waals surface area contributed by atoms with Gasteiger partial charge >= 0.3 is 18.0 Å². The number of rotatable bonds is 4. The number of benzene rings is 1. The van der Waals surface area contributed by atoms with Crippen molar-refractivity contribution in [2.24, 2.45) is 5.92 Å². The number of hydrogen-bond acceptors (Lipinski definition) is 3. The van der Waals surface area contributed by atoms with Crippen LogP contribution < -0.4 is 15.4 Å². The number of nitrogens with one attached hydrogen (secondary N) is 2. The molecule has 5 nitrogen and oxygen atoms in total. The van der Waals surface area contributed by atoms with E-state index in [2.05, 4.69) is 10.6 Å². The summed E-state index contributed by atoms with van der Waals surface area (Å²) in [6, 6.07) is 5.99. The molecule has 0 heterocycles. The standard InChI is InChI=1S/C18H23F3N2O3/c1-11(2)26-15-9-4-3-8-14(15)23-17(25)16(24)22-13-7-5-6-12(10-13)18(19,20)21/h3-4,8-9,11-13H,5-7,10H2,1-2H3,(H,22,24)(H,23,25)/t12-,13-/m1/s1. The highest BCUT2D eigenvalue weighted by Crippen LogP contribution is 2.37. The van der Waals surface area contributed by atoms with Crippen molar-refractivity contribution < 1.29 is 27.5 Å². The van der Waals surface area contributed by atoms with Crippen molar-refractivity contribution in [3.63, 3.8) is 0 Å². The summed E-state index contributed by atoms with van der Waals surface area (Å²) in [6.45, 7) is 3.65. The molecule has 0 saturated heterocycles. The second-order valence-electron chi connectivity index (χ2n) is 6.69. The first kappa shape index (κ1) is 20.1. The highest BCUT2D eigenvalue weighted by molar-refractivity contribution is 6.39. The van der Waals surface area contributed by atoms with Crippen molar-refractivity contribution in [3.05, 3.63) is 24.3 Å². The average molecular weight is 372 g/mol. The van der Waals surface area contributed by atoms with Crippen LogP contribution in [0.15, 0.2) is 24.3 Å². The Bertz CT molecular complexity index is 647. The number of amides is 2. The largest absolute Gasteiger partial charge is 0.489 e. The minimum atomic E-state index is -4.28. The summed E-state index contributed by atoms with van der Waals surface area (Å²) in [4.78, 5) is 24.2. The topological polar surface area (TPSA) is 67.4 Å². The Morgan fingerprint density at radius 3 is 2.50 bits per heavy atom. The van der Waals surface area contributed by atoms with Crippen LogP contribution in [0, 0.1) is 5.92 Å². The maximum atomic E-state index is 12.8. The van der Waals surface area contributed by atoms with Gasteiger partial charge in [0.05, 0.1) is 17.7 Å². The molecule has 144 valence electrons. The molecule has 26 heavy (non-hydrogen) atoms. The smallest absolute Gasteiger partial charge is 0.391 e. The Morgan fingerprint density at radius 1 is 1.15 bits per heavy atom. The predicted molar refractivity (Wildman–Crippen MR) is 90.8 cm³/mol. The highest BCUT2D eigenvalue weighted by atomic mass is 19.4. The number of para-hydroxylation sites is 2. The first-order valence-corrected chi connectivity index (χ1v) is 8.61. The molecule has 2 N–H and O–H groups in total. The number of hydrogen-bond donors (Lipinski definition) is 2. The SMILES string of the molecule is CC(C)Oc1ccccc1NC(=O)C(=O)N[C@@H]1CCC[C@@H](C(F)(F)F)C1. The molecular weight excluding hydrogens is 349 g/mol. The van der Waals surface area contributed by atoms with Crippen LogP contribution in [0.5, 0.6) is 5.75 Å². The van der Waals surface area contributed by atoms with Gasteiger partial charge in [0, 0.05) is 6.04 Å². The fourth-order valence-corrected chi connectivity index (χ4v) is 2.97. The summed E-state index contributed by atoms with van der Waals surface area (Å²) in [5, 5.41) is 4.86. The molecule has 2 atom stereocenters. The summed E-state index contributed by atoms with van der Waals surface area (Å²) in [7, 11) is 0. The summed E-state index contributed by atoms with van der Waals surface area (Å²) in [5.41, 5.74) is 0.332. The van der Waals surface area contributed by atoms with Crippen LogP contribution in [-0.4, -0.2) is 30.1 Å². The Labute approximate surface area is 150 Å². The first-order valence-electron chi connectivity index (χ1n) is 8.61. The minimum absolute atomic E-state index is 0.0575. The minimum Gasteiger partial charge on any atom is -0.489 e. The van der Waals surface area contributed by atoms with Crippen LogP contribution in [0.1, 0.15) is 39.5 Å². The van der Waals surface area contributed by atoms with E-state index in [1.807, 2.05) is 13.8 Å². The highest BCUT2D eigenvalue weighted by Gasteiger charge is 2.42. The van der Waals surface area contributed by atoms with Gasteiger partial charge in [-0.25, -0.2) is 0 Å². The molecule has 0 radical (unpaired) electrons. The zero-order valence-electron chi connectivity index (χ0n) is 14.7. The molecule has 0 aromatic heterocycles.